The minimum absolute atomic E-state index is 0.826. The molecule has 0 atom stereocenters. The first-order valence-corrected chi connectivity index (χ1v) is 29.7. The van der Waals surface area contributed by atoms with Crippen LogP contribution in [0.2, 0.25) is 0 Å². The maximum atomic E-state index is 7.31. The monoisotopic (exact) mass is 1100 g/mol. The lowest BCUT2D eigenvalue weighted by molar-refractivity contribution is 0.668. The molecule has 0 radical (unpaired) electrons. The van der Waals surface area contributed by atoms with E-state index in [1.165, 1.54) is 85.1 Å². The van der Waals surface area contributed by atoms with Gasteiger partial charge in [-0.25, -0.2) is 0 Å². The van der Waals surface area contributed by atoms with Crippen molar-refractivity contribution < 1.29 is 13.3 Å². The molecule has 0 amide bonds. The van der Waals surface area contributed by atoms with Crippen molar-refractivity contribution in [2.75, 3.05) is 9.80 Å². The van der Waals surface area contributed by atoms with E-state index in [2.05, 4.69) is 257 Å². The Morgan fingerprint density at radius 3 is 1.29 bits per heavy atom. The summed E-state index contributed by atoms with van der Waals surface area (Å²) in [5.74, 6) is 0. The summed E-state index contributed by atoms with van der Waals surface area (Å²) in [7, 11) is 0. The molecule has 85 heavy (non-hydrogen) atoms. The lowest BCUT2D eigenvalue weighted by atomic mass is 10.0. The topological polar surface area (TPSA) is 50.3 Å². The Bertz CT molecular complexity index is 6270. The van der Waals surface area contributed by atoms with Gasteiger partial charge in [-0.05, 0) is 157 Å². The number of hydrogen-bond acceptors (Lipinski definition) is 6. The van der Waals surface area contributed by atoms with Crippen molar-refractivity contribution in [3.05, 3.63) is 261 Å². The highest BCUT2D eigenvalue weighted by atomic mass is 32.1. The Morgan fingerprint density at radius 1 is 0.259 bits per heavy atom. The number of nitrogens with zero attached hydrogens (tertiary/aromatic N) is 3. The molecule has 0 fully saturated rings. The van der Waals surface area contributed by atoms with E-state index < -0.39 is 0 Å². The Kier molecular flexibility index (Phi) is 8.97. The van der Waals surface area contributed by atoms with E-state index >= 15 is 0 Å². The molecule has 6 heterocycles. The second-order valence-corrected chi connectivity index (χ2v) is 23.8. The molecule has 0 spiro atoms. The molecule has 7 heteroatoms. The fourth-order valence-corrected chi connectivity index (χ4v) is 15.7. The number of furan rings is 3. The summed E-state index contributed by atoms with van der Waals surface area (Å²) < 4.78 is 23.8. The Labute approximate surface area is 487 Å². The fraction of sp³-hybridized carbons (Fsp3) is 0. The van der Waals surface area contributed by atoms with Crippen LogP contribution in [-0.2, 0) is 0 Å². The van der Waals surface area contributed by atoms with Gasteiger partial charge >= 0.3 is 0 Å². The standard InChI is InChI=1S/C78H43N3O3S/c1-4-14-55-44(11-1)21-23-46-25-27-49(38-62(46)55)79(51-31-35-69-64(40-51)58-17-7-9-19-67(58)82-69)53-29-33-60-71(42-53)84-77-66-37-48-13-3-6-16-57(48)73-74-61-34-30-54(43-72(61)85-78(74)81(75(66)73)76(60)77)80(52-32-36-70-65(41-52)59-18-8-10-20-68(59)83-70)50-28-26-47-24-22-45-12-2-5-15-56(45)63(47)39-50/h1-43H. The minimum Gasteiger partial charge on any atom is -0.456 e. The molecule has 0 unspecified atom stereocenters. The predicted molar refractivity (Wildman–Crippen MR) is 358 cm³/mol. The number of hydrogen-bond donors (Lipinski definition) is 0. The van der Waals surface area contributed by atoms with Crippen molar-refractivity contribution in [3.8, 4) is 0 Å². The van der Waals surface area contributed by atoms with Crippen molar-refractivity contribution in [1.29, 1.82) is 0 Å². The van der Waals surface area contributed by atoms with Gasteiger partial charge in [-0.2, -0.15) is 0 Å². The number of fused-ring (bicyclic) bond motifs is 24. The first-order chi connectivity index (χ1) is 42.1. The van der Waals surface area contributed by atoms with Crippen LogP contribution < -0.4 is 9.80 Å². The maximum Gasteiger partial charge on any atom is 0.161 e. The molecule has 6 nitrogen and oxygen atoms in total. The summed E-state index contributed by atoms with van der Waals surface area (Å²) >= 11 is 1.86. The molecule has 394 valence electrons. The number of para-hydroxylation sites is 2. The van der Waals surface area contributed by atoms with Gasteiger partial charge in [-0.15, -0.1) is 11.3 Å². The third kappa shape index (κ3) is 6.36. The number of aromatic nitrogens is 1. The lowest BCUT2D eigenvalue weighted by Gasteiger charge is -2.26. The summed E-state index contributed by atoms with van der Waals surface area (Å²) in [4.78, 5) is 5.99. The Balaban J connectivity index is 0.807. The molecular weight excluding hydrogens is 1060 g/mol. The van der Waals surface area contributed by atoms with Crippen LogP contribution >= 0.6 is 11.3 Å². The molecule has 0 aliphatic rings. The summed E-state index contributed by atoms with van der Waals surface area (Å²) in [6.45, 7) is 0. The molecule has 20 rings (SSSR count). The van der Waals surface area contributed by atoms with Gasteiger partial charge in [0.25, 0.3) is 0 Å². The van der Waals surface area contributed by atoms with Crippen molar-refractivity contribution in [3.63, 3.8) is 0 Å². The second-order valence-electron chi connectivity index (χ2n) is 22.7. The van der Waals surface area contributed by atoms with Crippen LogP contribution in [0, 0.1) is 0 Å². The molecule has 0 saturated carbocycles. The second kappa shape index (κ2) is 16.8. The van der Waals surface area contributed by atoms with E-state index in [1.807, 2.05) is 29.5 Å². The fourth-order valence-electron chi connectivity index (χ4n) is 14.4. The molecule has 0 aliphatic heterocycles. The molecule has 0 N–H and O–H groups in total. The van der Waals surface area contributed by atoms with Gasteiger partial charge in [0.05, 0.1) is 5.52 Å². The maximum absolute atomic E-state index is 7.31. The van der Waals surface area contributed by atoms with Crippen molar-refractivity contribution in [2.45, 2.75) is 0 Å². The quantitative estimate of drug-likeness (QED) is 0.155. The average Bonchev–Trinajstić information content (AvgIpc) is 1.56. The number of rotatable bonds is 6. The average molecular weight is 1100 g/mol. The summed E-state index contributed by atoms with van der Waals surface area (Å²) in [6, 6.07) is 94.8. The third-order valence-corrected chi connectivity index (χ3v) is 19.3. The van der Waals surface area contributed by atoms with E-state index in [-0.39, 0.29) is 0 Å². The van der Waals surface area contributed by atoms with Crippen LogP contribution in [0.15, 0.2) is 274 Å². The van der Waals surface area contributed by atoms with Crippen LogP contribution in [0.3, 0.4) is 0 Å². The zero-order chi connectivity index (χ0) is 55.2. The molecule has 0 aliphatic carbocycles. The van der Waals surface area contributed by atoms with Crippen LogP contribution in [0.1, 0.15) is 0 Å². The zero-order valence-electron chi connectivity index (χ0n) is 45.3. The number of benzene rings is 14. The largest absolute Gasteiger partial charge is 0.456 e. The number of thiophene rings is 1. The van der Waals surface area contributed by atoms with E-state index in [1.54, 1.807) is 0 Å². The Morgan fingerprint density at radius 2 is 0.694 bits per heavy atom. The SMILES string of the molecule is c1ccc2c(c1)ccc1ccc(N(c3ccc4c(c3)oc3c5cc6ccccc6c6c7c8ccc(N(c9ccc%10ccc%11ccccc%11c%10c9)c9ccc%10oc%11ccccc%11c%10c9)cc8sc7n(c43)c56)c3ccc4oc5ccccc5c4c3)cc12. The first kappa shape index (κ1) is 45.5. The summed E-state index contributed by atoms with van der Waals surface area (Å²) in [6.07, 6.45) is 0. The van der Waals surface area contributed by atoms with Gasteiger partial charge < -0.3 is 23.1 Å². The summed E-state index contributed by atoms with van der Waals surface area (Å²) in [5, 5.41) is 22.4. The van der Waals surface area contributed by atoms with Crippen LogP contribution in [0.25, 0.3) is 156 Å². The highest BCUT2D eigenvalue weighted by Gasteiger charge is 2.28. The molecule has 14 aromatic carbocycles. The van der Waals surface area contributed by atoms with Crippen molar-refractivity contribution >= 4 is 202 Å². The van der Waals surface area contributed by atoms with Crippen LogP contribution in [0.4, 0.5) is 34.1 Å². The smallest absolute Gasteiger partial charge is 0.161 e. The molecule has 0 saturated heterocycles. The van der Waals surface area contributed by atoms with Crippen LogP contribution in [0.5, 0.6) is 0 Å². The number of anilines is 6. The van der Waals surface area contributed by atoms with Crippen LogP contribution in [-0.4, -0.2) is 4.40 Å². The minimum atomic E-state index is 0.826. The highest BCUT2D eigenvalue weighted by Crippen LogP contribution is 2.52. The van der Waals surface area contributed by atoms with Crippen molar-refractivity contribution in [1.82, 2.24) is 4.40 Å². The molecular formula is C78H43N3O3S. The van der Waals surface area contributed by atoms with Gasteiger partial charge in [0.2, 0.25) is 0 Å². The molecule has 6 aromatic heterocycles. The van der Waals surface area contributed by atoms with E-state index in [4.69, 9.17) is 13.3 Å². The van der Waals surface area contributed by atoms with Crippen molar-refractivity contribution in [2.24, 2.45) is 0 Å². The highest BCUT2D eigenvalue weighted by molar-refractivity contribution is 7.26. The normalized spacial score (nSPS) is 12.5. The van der Waals surface area contributed by atoms with Gasteiger partial charge in [0, 0.05) is 93.4 Å². The third-order valence-electron chi connectivity index (χ3n) is 18.2. The zero-order valence-corrected chi connectivity index (χ0v) is 46.1. The van der Waals surface area contributed by atoms with Gasteiger partial charge in [-0.3, -0.25) is 4.40 Å². The lowest BCUT2D eigenvalue weighted by Crippen LogP contribution is -2.09. The predicted octanol–water partition coefficient (Wildman–Crippen LogP) is 23.3. The van der Waals surface area contributed by atoms with E-state index in [0.717, 1.165) is 105 Å². The first-order valence-electron chi connectivity index (χ1n) is 28.9. The van der Waals surface area contributed by atoms with E-state index in [9.17, 15) is 0 Å². The summed E-state index contributed by atoms with van der Waals surface area (Å²) in [5.41, 5.74) is 13.8. The molecule has 20 aromatic rings. The molecule has 0 bridgehead atoms. The van der Waals surface area contributed by atoms with E-state index in [0.29, 0.717) is 0 Å². The van der Waals surface area contributed by atoms with Gasteiger partial charge in [-0.1, -0.05) is 152 Å². The Hall–Kier alpha value is -11.1. The van der Waals surface area contributed by atoms with Gasteiger partial charge in [0.1, 0.15) is 38.3 Å². The van der Waals surface area contributed by atoms with Gasteiger partial charge in [0.15, 0.2) is 5.58 Å².